The number of rotatable bonds is 2. The summed E-state index contributed by atoms with van der Waals surface area (Å²) in [6, 6.07) is 3.69. The standard InChI is InChI=1S/C15H23N3/c1-16-14-3-2-4-15(9-14)18-8-6-12-10-17-7-5-13(12)11-18/h5,7,10,14-16H,2-4,6,8-9,11H2,1H3/t14-,15-/m1/s1. The molecule has 3 nitrogen and oxygen atoms in total. The first-order valence-corrected chi connectivity index (χ1v) is 7.20. The van der Waals surface area contributed by atoms with Crippen LogP contribution in [0.25, 0.3) is 0 Å². The molecular weight excluding hydrogens is 222 g/mol. The zero-order chi connectivity index (χ0) is 12.4. The van der Waals surface area contributed by atoms with Crippen LogP contribution in [0.1, 0.15) is 36.8 Å². The number of nitrogens with zero attached hydrogens (tertiary/aromatic N) is 2. The second-order valence-electron chi connectivity index (χ2n) is 5.67. The van der Waals surface area contributed by atoms with Crippen molar-refractivity contribution in [1.29, 1.82) is 0 Å². The molecule has 2 heterocycles. The summed E-state index contributed by atoms with van der Waals surface area (Å²) in [6.45, 7) is 2.33. The van der Waals surface area contributed by atoms with Crippen molar-refractivity contribution in [1.82, 2.24) is 15.2 Å². The predicted molar refractivity (Wildman–Crippen MR) is 73.5 cm³/mol. The van der Waals surface area contributed by atoms with E-state index in [0.717, 1.165) is 18.6 Å². The van der Waals surface area contributed by atoms with Gasteiger partial charge in [-0.25, -0.2) is 0 Å². The number of fused-ring (bicyclic) bond motifs is 1. The molecule has 1 aliphatic carbocycles. The zero-order valence-corrected chi connectivity index (χ0v) is 11.2. The van der Waals surface area contributed by atoms with E-state index < -0.39 is 0 Å². The molecule has 2 aliphatic rings. The Morgan fingerprint density at radius 1 is 1.33 bits per heavy atom. The highest BCUT2D eigenvalue weighted by Gasteiger charge is 2.28. The van der Waals surface area contributed by atoms with E-state index in [4.69, 9.17) is 0 Å². The van der Waals surface area contributed by atoms with Gasteiger partial charge in [0.05, 0.1) is 0 Å². The maximum Gasteiger partial charge on any atom is 0.0303 e. The van der Waals surface area contributed by atoms with Gasteiger partial charge in [0.2, 0.25) is 0 Å². The van der Waals surface area contributed by atoms with E-state index in [9.17, 15) is 0 Å². The molecule has 0 unspecified atom stereocenters. The molecule has 0 saturated heterocycles. The smallest absolute Gasteiger partial charge is 0.0303 e. The molecule has 1 fully saturated rings. The minimum Gasteiger partial charge on any atom is -0.317 e. The van der Waals surface area contributed by atoms with E-state index in [1.165, 1.54) is 49.8 Å². The van der Waals surface area contributed by atoms with Gasteiger partial charge < -0.3 is 5.32 Å². The number of pyridine rings is 1. The Bertz CT molecular complexity index is 404. The van der Waals surface area contributed by atoms with E-state index in [2.05, 4.69) is 28.3 Å². The van der Waals surface area contributed by atoms with Crippen molar-refractivity contribution in [3.05, 3.63) is 29.6 Å². The molecule has 1 aromatic heterocycles. The van der Waals surface area contributed by atoms with Crippen molar-refractivity contribution >= 4 is 0 Å². The molecule has 0 aromatic carbocycles. The summed E-state index contributed by atoms with van der Waals surface area (Å²) in [4.78, 5) is 6.92. The highest BCUT2D eigenvalue weighted by molar-refractivity contribution is 5.25. The molecule has 98 valence electrons. The van der Waals surface area contributed by atoms with E-state index in [1.807, 2.05) is 12.4 Å². The Morgan fingerprint density at radius 3 is 3.17 bits per heavy atom. The lowest BCUT2D eigenvalue weighted by atomic mass is 9.88. The highest BCUT2D eigenvalue weighted by Crippen LogP contribution is 2.27. The number of aromatic nitrogens is 1. The van der Waals surface area contributed by atoms with Gasteiger partial charge in [0.25, 0.3) is 0 Å². The average Bonchev–Trinajstić information content (AvgIpc) is 2.47. The zero-order valence-electron chi connectivity index (χ0n) is 11.2. The summed E-state index contributed by atoms with van der Waals surface area (Å²) in [5.41, 5.74) is 2.94. The van der Waals surface area contributed by atoms with Gasteiger partial charge >= 0.3 is 0 Å². The molecule has 1 saturated carbocycles. The molecule has 18 heavy (non-hydrogen) atoms. The summed E-state index contributed by atoms with van der Waals surface area (Å²) >= 11 is 0. The van der Waals surface area contributed by atoms with Crippen LogP contribution < -0.4 is 5.32 Å². The minimum atomic E-state index is 0.725. The largest absolute Gasteiger partial charge is 0.317 e. The first-order valence-electron chi connectivity index (χ1n) is 7.20. The van der Waals surface area contributed by atoms with Crippen LogP contribution in [0, 0.1) is 0 Å². The molecular formula is C15H23N3. The first kappa shape index (κ1) is 12.1. The lowest BCUT2D eigenvalue weighted by Gasteiger charge is -2.39. The molecule has 0 bridgehead atoms. The molecule has 1 aliphatic heterocycles. The van der Waals surface area contributed by atoms with E-state index >= 15 is 0 Å². The first-order chi connectivity index (χ1) is 8.86. The third kappa shape index (κ3) is 2.43. The molecule has 0 radical (unpaired) electrons. The monoisotopic (exact) mass is 245 g/mol. The molecule has 3 rings (SSSR count). The van der Waals surface area contributed by atoms with Crippen molar-refractivity contribution in [2.75, 3.05) is 13.6 Å². The van der Waals surface area contributed by atoms with Crippen LogP contribution in [-0.4, -0.2) is 35.6 Å². The van der Waals surface area contributed by atoms with Gasteiger partial charge in [-0.05, 0) is 49.9 Å². The maximum absolute atomic E-state index is 4.23. The van der Waals surface area contributed by atoms with Crippen LogP contribution >= 0.6 is 0 Å². The van der Waals surface area contributed by atoms with Crippen LogP contribution in [0.15, 0.2) is 18.5 Å². The average molecular weight is 245 g/mol. The van der Waals surface area contributed by atoms with Gasteiger partial charge in [-0.3, -0.25) is 9.88 Å². The lowest BCUT2D eigenvalue weighted by Crippen LogP contribution is -2.45. The molecule has 3 heteroatoms. The van der Waals surface area contributed by atoms with E-state index in [0.29, 0.717) is 0 Å². The van der Waals surface area contributed by atoms with Gasteiger partial charge in [0, 0.05) is 37.6 Å². The van der Waals surface area contributed by atoms with Crippen LogP contribution in [0.4, 0.5) is 0 Å². The van der Waals surface area contributed by atoms with E-state index in [1.54, 1.807) is 0 Å². The SMILES string of the molecule is CN[C@@H]1CCC[C@@H](N2CCc3cnccc3C2)C1. The maximum atomic E-state index is 4.23. The number of hydrogen-bond acceptors (Lipinski definition) is 3. The van der Waals surface area contributed by atoms with Crippen LogP contribution in [-0.2, 0) is 13.0 Å². The lowest BCUT2D eigenvalue weighted by molar-refractivity contribution is 0.127. The minimum absolute atomic E-state index is 0.725. The molecule has 0 spiro atoms. The number of nitrogens with one attached hydrogen (secondary N) is 1. The second kappa shape index (κ2) is 5.37. The fraction of sp³-hybridized carbons (Fsp3) is 0.667. The van der Waals surface area contributed by atoms with Crippen LogP contribution in [0.5, 0.6) is 0 Å². The summed E-state index contributed by atoms with van der Waals surface area (Å²) in [6.07, 6.45) is 10.6. The summed E-state index contributed by atoms with van der Waals surface area (Å²) < 4.78 is 0. The van der Waals surface area contributed by atoms with Gasteiger partial charge in [0.1, 0.15) is 0 Å². The Hall–Kier alpha value is -0.930. The van der Waals surface area contributed by atoms with Gasteiger partial charge in [-0.15, -0.1) is 0 Å². The predicted octanol–water partition coefficient (Wildman–Crippen LogP) is 1.97. The summed E-state index contributed by atoms with van der Waals surface area (Å²) in [5.74, 6) is 0. The Morgan fingerprint density at radius 2 is 2.28 bits per heavy atom. The number of hydrogen-bond donors (Lipinski definition) is 1. The van der Waals surface area contributed by atoms with Crippen molar-refractivity contribution in [3.8, 4) is 0 Å². The summed E-state index contributed by atoms with van der Waals surface area (Å²) in [7, 11) is 2.10. The topological polar surface area (TPSA) is 28.2 Å². The van der Waals surface area contributed by atoms with Gasteiger partial charge in [-0.2, -0.15) is 0 Å². The van der Waals surface area contributed by atoms with Crippen molar-refractivity contribution in [2.24, 2.45) is 0 Å². The Balaban J connectivity index is 1.68. The molecule has 2 atom stereocenters. The quantitative estimate of drug-likeness (QED) is 0.863. The second-order valence-corrected chi connectivity index (χ2v) is 5.67. The van der Waals surface area contributed by atoms with Crippen molar-refractivity contribution in [3.63, 3.8) is 0 Å². The van der Waals surface area contributed by atoms with Gasteiger partial charge in [0.15, 0.2) is 0 Å². The van der Waals surface area contributed by atoms with Gasteiger partial charge in [-0.1, -0.05) is 6.42 Å². The molecule has 1 aromatic rings. The van der Waals surface area contributed by atoms with Crippen molar-refractivity contribution in [2.45, 2.75) is 50.7 Å². The van der Waals surface area contributed by atoms with E-state index in [-0.39, 0.29) is 0 Å². The van der Waals surface area contributed by atoms with Crippen LogP contribution in [0.2, 0.25) is 0 Å². The Kier molecular flexibility index (Phi) is 3.62. The normalized spacial score (nSPS) is 28.9. The fourth-order valence-corrected chi connectivity index (χ4v) is 3.47. The Labute approximate surface area is 110 Å². The summed E-state index contributed by atoms with van der Waals surface area (Å²) in [5, 5.41) is 3.46. The molecule has 0 amide bonds. The highest BCUT2D eigenvalue weighted by atomic mass is 15.2. The van der Waals surface area contributed by atoms with Crippen LogP contribution in [0.3, 0.4) is 0 Å². The third-order valence-electron chi connectivity index (χ3n) is 4.62. The molecule has 1 N–H and O–H groups in total. The fourth-order valence-electron chi connectivity index (χ4n) is 3.47. The van der Waals surface area contributed by atoms with Crippen molar-refractivity contribution < 1.29 is 0 Å². The third-order valence-corrected chi connectivity index (χ3v) is 4.62.